The summed E-state index contributed by atoms with van der Waals surface area (Å²) in [6, 6.07) is 19.8. The van der Waals surface area contributed by atoms with Gasteiger partial charge in [-0.05, 0) is 42.5 Å². The number of fused-ring (bicyclic) bond motifs is 2. The van der Waals surface area contributed by atoms with Crippen LogP contribution < -0.4 is 0 Å². The third-order valence-corrected chi connectivity index (χ3v) is 8.57. The largest absolute Gasteiger partial charge is 0.247 e. The van der Waals surface area contributed by atoms with E-state index in [9.17, 15) is 12.6 Å². The molecule has 5 rings (SSSR count). The predicted molar refractivity (Wildman–Crippen MR) is 127 cm³/mol. The van der Waals surface area contributed by atoms with Crippen LogP contribution in [-0.4, -0.2) is 28.3 Å². The van der Waals surface area contributed by atoms with Crippen molar-refractivity contribution in [3.8, 4) is 0 Å². The van der Waals surface area contributed by atoms with Gasteiger partial charge >= 0.3 is 0 Å². The number of aliphatic imine (C=N–C) groups is 1. The van der Waals surface area contributed by atoms with E-state index in [1.165, 1.54) is 24.3 Å². The summed E-state index contributed by atoms with van der Waals surface area (Å²) in [7, 11) is -5.94. The highest BCUT2D eigenvalue weighted by Crippen LogP contribution is 2.38. The molecule has 1 unspecified atom stereocenters. The summed E-state index contributed by atoms with van der Waals surface area (Å²) < 4.78 is 40.5. The fourth-order valence-corrected chi connectivity index (χ4v) is 6.32. The van der Waals surface area contributed by atoms with Crippen LogP contribution in [0.2, 0.25) is 10.0 Å². The van der Waals surface area contributed by atoms with Gasteiger partial charge in [0.05, 0.1) is 15.5 Å². The zero-order valence-corrected chi connectivity index (χ0v) is 19.8. The zero-order chi connectivity index (χ0) is 23.2. The average molecular weight is 514 g/mol. The van der Waals surface area contributed by atoms with E-state index in [2.05, 4.69) is 15.0 Å². The van der Waals surface area contributed by atoms with Crippen LogP contribution in [0.5, 0.6) is 0 Å². The lowest BCUT2D eigenvalue weighted by Gasteiger charge is -2.10. The van der Waals surface area contributed by atoms with Gasteiger partial charge in [-0.25, -0.2) is 27.6 Å². The second-order valence-electron chi connectivity index (χ2n) is 7.03. The Labute approximate surface area is 202 Å². The molecule has 1 aromatic heterocycles. The Hall–Kier alpha value is -2.91. The van der Waals surface area contributed by atoms with Crippen molar-refractivity contribution in [2.45, 2.75) is 19.8 Å². The van der Waals surface area contributed by atoms with E-state index >= 15 is 0 Å². The van der Waals surface area contributed by atoms with Crippen molar-refractivity contribution in [2.24, 2.45) is 4.99 Å². The second-order valence-corrected chi connectivity index (χ2v) is 11.1. The van der Waals surface area contributed by atoms with E-state index in [0.717, 1.165) is 6.33 Å². The lowest BCUT2D eigenvalue weighted by Crippen LogP contribution is -2.08. The molecule has 10 heteroatoms. The molecule has 0 saturated carbocycles. The molecule has 0 amide bonds. The molecule has 6 nitrogen and oxygen atoms in total. The van der Waals surface area contributed by atoms with Gasteiger partial charge < -0.3 is 0 Å². The molecule has 0 radical (unpaired) electrons. The minimum absolute atomic E-state index is 0.00652. The molecule has 3 aromatic carbocycles. The first-order valence-corrected chi connectivity index (χ1v) is 13.0. The summed E-state index contributed by atoms with van der Waals surface area (Å²) in [5.74, 6) is 0. The summed E-state index contributed by atoms with van der Waals surface area (Å²) in [6.45, 7) is 0. The van der Waals surface area contributed by atoms with Crippen LogP contribution in [0.15, 0.2) is 104 Å². The maximum atomic E-state index is 13.6. The molecule has 0 fully saturated rings. The molecule has 0 saturated heterocycles. The molecule has 0 aliphatic carbocycles. The number of aromatic nitrogens is 2. The first-order chi connectivity index (χ1) is 15.9. The fourth-order valence-electron chi connectivity index (χ4n) is 3.44. The van der Waals surface area contributed by atoms with Gasteiger partial charge in [-0.2, -0.15) is 0 Å². The lowest BCUT2D eigenvalue weighted by molar-refractivity contribution is 0.591. The van der Waals surface area contributed by atoms with Crippen molar-refractivity contribution in [1.29, 1.82) is 0 Å². The van der Waals surface area contributed by atoms with Gasteiger partial charge in [0.1, 0.15) is 22.8 Å². The minimum atomic E-state index is -4.12. The zero-order valence-electron chi connectivity index (χ0n) is 16.6. The Balaban J connectivity index is 1.84. The summed E-state index contributed by atoms with van der Waals surface area (Å²) in [6.07, 6.45) is 1.08. The van der Waals surface area contributed by atoms with Gasteiger partial charge in [0, 0.05) is 21.2 Å². The molecule has 1 atom stereocenters. The van der Waals surface area contributed by atoms with Gasteiger partial charge in [0.25, 0.3) is 0 Å². The Morgan fingerprint density at radius 3 is 2.24 bits per heavy atom. The van der Waals surface area contributed by atoms with Crippen molar-refractivity contribution >= 4 is 55.2 Å². The highest BCUT2D eigenvalue weighted by molar-refractivity contribution is 7.91. The Morgan fingerprint density at radius 2 is 1.52 bits per heavy atom. The SMILES string of the molecule is O=S1c2ccc(Cl)cc2C(c2ccccc2)=Nc2c1ncnc2S(=O)(=O)c1ccc(Cl)cc1. The van der Waals surface area contributed by atoms with Crippen molar-refractivity contribution in [1.82, 2.24) is 9.97 Å². The number of hydrogen-bond donors (Lipinski definition) is 0. The average Bonchev–Trinajstić information content (AvgIpc) is 2.94. The van der Waals surface area contributed by atoms with Gasteiger partial charge in [-0.15, -0.1) is 0 Å². The highest BCUT2D eigenvalue weighted by Gasteiger charge is 2.32. The van der Waals surface area contributed by atoms with Crippen molar-refractivity contribution in [3.63, 3.8) is 0 Å². The second kappa shape index (κ2) is 8.46. The predicted octanol–water partition coefficient (Wildman–Crippen LogP) is 5.27. The van der Waals surface area contributed by atoms with Crippen molar-refractivity contribution in [3.05, 3.63) is 100 Å². The van der Waals surface area contributed by atoms with Crippen LogP contribution in [0.1, 0.15) is 11.1 Å². The molecule has 1 aliphatic rings. The Bertz CT molecular complexity index is 1560. The van der Waals surface area contributed by atoms with Crippen LogP contribution in [0.4, 0.5) is 5.69 Å². The highest BCUT2D eigenvalue weighted by atomic mass is 35.5. The Morgan fingerprint density at radius 1 is 0.818 bits per heavy atom. The Kier molecular flexibility index (Phi) is 5.62. The molecule has 1 aliphatic heterocycles. The van der Waals surface area contributed by atoms with E-state index in [1.54, 1.807) is 18.2 Å². The molecule has 0 bridgehead atoms. The van der Waals surface area contributed by atoms with Crippen LogP contribution in [-0.2, 0) is 20.6 Å². The van der Waals surface area contributed by atoms with Gasteiger partial charge in [-0.1, -0.05) is 53.5 Å². The smallest absolute Gasteiger partial charge is 0.226 e. The van der Waals surface area contributed by atoms with Crippen LogP contribution in [0.3, 0.4) is 0 Å². The van der Waals surface area contributed by atoms with Gasteiger partial charge in [0.2, 0.25) is 9.84 Å². The van der Waals surface area contributed by atoms with Gasteiger partial charge in [0.15, 0.2) is 10.1 Å². The molecular weight excluding hydrogens is 501 g/mol. The summed E-state index contributed by atoms with van der Waals surface area (Å²) >= 11 is 12.2. The number of sulfone groups is 1. The normalized spacial score (nSPS) is 15.2. The molecule has 0 spiro atoms. The molecule has 33 heavy (non-hydrogen) atoms. The lowest BCUT2D eigenvalue weighted by atomic mass is 10.0. The standard InChI is InChI=1S/C23H13Cl2N3O3S2/c24-15-6-9-17(10-7-15)33(30,31)23-21-22(26-13-27-23)32(29)19-11-8-16(25)12-18(19)20(28-21)14-4-2-1-3-5-14/h1-13H. The quantitative estimate of drug-likeness (QED) is 0.306. The van der Waals surface area contributed by atoms with Crippen LogP contribution >= 0.6 is 23.2 Å². The topological polar surface area (TPSA) is 89.3 Å². The molecular formula is C23H13Cl2N3O3S2. The van der Waals surface area contributed by atoms with Crippen molar-refractivity contribution in [2.75, 3.05) is 0 Å². The number of benzene rings is 3. The van der Waals surface area contributed by atoms with Crippen LogP contribution in [0, 0.1) is 0 Å². The molecule has 0 N–H and O–H groups in total. The van der Waals surface area contributed by atoms with E-state index in [0.29, 0.717) is 31.8 Å². The van der Waals surface area contributed by atoms with E-state index in [1.807, 2.05) is 30.3 Å². The third-order valence-electron chi connectivity index (χ3n) is 4.98. The number of rotatable bonds is 3. The van der Waals surface area contributed by atoms with Crippen molar-refractivity contribution < 1.29 is 12.6 Å². The maximum Gasteiger partial charge on any atom is 0.226 e. The first kappa shape index (κ1) is 21.9. The van der Waals surface area contributed by atoms with Crippen LogP contribution in [0.25, 0.3) is 0 Å². The summed E-state index contributed by atoms with van der Waals surface area (Å²) in [5.41, 5.74) is 1.57. The summed E-state index contributed by atoms with van der Waals surface area (Å²) in [4.78, 5) is 13.3. The summed E-state index contributed by atoms with van der Waals surface area (Å²) in [5, 5.41) is 0.497. The molecule has 2 heterocycles. The van der Waals surface area contributed by atoms with E-state index in [-0.39, 0.29) is 20.6 Å². The fraction of sp³-hybridized carbons (Fsp3) is 0. The van der Waals surface area contributed by atoms with Gasteiger partial charge in [-0.3, -0.25) is 0 Å². The number of nitrogens with zero attached hydrogens (tertiary/aromatic N) is 3. The monoisotopic (exact) mass is 513 g/mol. The van der Waals surface area contributed by atoms with E-state index in [4.69, 9.17) is 23.2 Å². The van der Waals surface area contributed by atoms with E-state index < -0.39 is 20.6 Å². The number of hydrogen-bond acceptors (Lipinski definition) is 6. The third kappa shape index (κ3) is 3.89. The molecule has 164 valence electrons. The first-order valence-electron chi connectivity index (χ1n) is 9.58. The maximum absolute atomic E-state index is 13.6. The minimum Gasteiger partial charge on any atom is -0.247 e. The molecule has 4 aromatic rings. The number of halogens is 2.